The molecule has 3 nitrogen and oxygen atoms in total. The van der Waals surface area contributed by atoms with E-state index in [1.54, 1.807) is 18.2 Å². The minimum atomic E-state index is -4.30. The van der Waals surface area contributed by atoms with Crippen LogP contribution in [0.2, 0.25) is 5.02 Å². The molecule has 1 aromatic carbocycles. The molecule has 0 fully saturated rings. The van der Waals surface area contributed by atoms with Crippen molar-refractivity contribution in [2.45, 2.75) is 19.2 Å². The molecule has 0 radical (unpaired) electrons. The second-order valence-electron chi connectivity index (χ2n) is 3.79. The summed E-state index contributed by atoms with van der Waals surface area (Å²) >= 11 is 5.89. The molecule has 1 N–H and O–H groups in total. The first-order chi connectivity index (χ1) is 8.92. The highest BCUT2D eigenvalue weighted by atomic mass is 35.5. The number of ether oxygens (including phenoxy) is 2. The van der Waals surface area contributed by atoms with Crippen LogP contribution in [0.4, 0.5) is 13.2 Å². The fourth-order valence-corrected chi connectivity index (χ4v) is 1.55. The monoisotopic (exact) mass is 298 g/mol. The maximum Gasteiger partial charge on any atom is 0.411 e. The summed E-state index contributed by atoms with van der Waals surface area (Å²) in [6.07, 6.45) is -3.97. The van der Waals surface area contributed by atoms with Crippen molar-refractivity contribution < 1.29 is 27.8 Å². The van der Waals surface area contributed by atoms with Crippen LogP contribution < -0.4 is 4.74 Å². The topological polar surface area (TPSA) is 38.7 Å². The van der Waals surface area contributed by atoms with E-state index in [-0.39, 0.29) is 19.8 Å². The second kappa shape index (κ2) is 7.57. The Labute approximate surface area is 113 Å². The summed E-state index contributed by atoms with van der Waals surface area (Å²) in [5.41, 5.74) is 0.658. The van der Waals surface area contributed by atoms with Crippen molar-refractivity contribution in [3.63, 3.8) is 0 Å². The van der Waals surface area contributed by atoms with Gasteiger partial charge in [-0.3, -0.25) is 0 Å². The van der Waals surface area contributed by atoms with Gasteiger partial charge >= 0.3 is 6.18 Å². The molecule has 0 aliphatic rings. The number of alkyl halides is 3. The Balaban J connectivity index is 2.23. The number of rotatable bonds is 7. The molecule has 0 saturated heterocycles. The maximum atomic E-state index is 11.8. The largest absolute Gasteiger partial charge is 0.492 e. The van der Waals surface area contributed by atoms with Crippen LogP contribution in [-0.2, 0) is 11.3 Å². The van der Waals surface area contributed by atoms with Gasteiger partial charge in [-0.2, -0.15) is 13.2 Å². The third-order valence-corrected chi connectivity index (χ3v) is 2.43. The van der Waals surface area contributed by atoms with Crippen molar-refractivity contribution in [1.29, 1.82) is 0 Å². The molecule has 0 aliphatic carbocycles. The van der Waals surface area contributed by atoms with Crippen LogP contribution in [0.25, 0.3) is 0 Å². The Hall–Kier alpha value is -0.980. The van der Waals surface area contributed by atoms with Crippen molar-refractivity contribution in [3.8, 4) is 5.75 Å². The lowest BCUT2D eigenvalue weighted by molar-refractivity contribution is -0.174. The van der Waals surface area contributed by atoms with E-state index in [9.17, 15) is 13.2 Å². The fourth-order valence-electron chi connectivity index (χ4n) is 1.29. The Morgan fingerprint density at radius 3 is 2.53 bits per heavy atom. The average molecular weight is 299 g/mol. The predicted octanol–water partition coefficient (Wildman–Crippen LogP) is 3.18. The van der Waals surface area contributed by atoms with E-state index in [0.29, 0.717) is 22.8 Å². The summed E-state index contributed by atoms with van der Waals surface area (Å²) in [6.45, 7) is -1.20. The Kier molecular flexibility index (Phi) is 6.41. The van der Waals surface area contributed by atoms with Crippen LogP contribution in [0.5, 0.6) is 5.75 Å². The van der Waals surface area contributed by atoms with Crippen molar-refractivity contribution >= 4 is 11.6 Å². The first kappa shape index (κ1) is 16.1. The van der Waals surface area contributed by atoms with E-state index in [1.807, 2.05) is 0 Å². The normalized spacial score (nSPS) is 11.6. The van der Waals surface area contributed by atoms with Gasteiger partial charge in [-0.15, -0.1) is 0 Å². The lowest BCUT2D eigenvalue weighted by atomic mass is 10.2. The zero-order chi connectivity index (χ0) is 14.3. The van der Waals surface area contributed by atoms with Crippen LogP contribution in [0.15, 0.2) is 18.2 Å². The predicted molar refractivity (Wildman–Crippen MR) is 64.4 cm³/mol. The minimum Gasteiger partial charge on any atom is -0.492 e. The number of hydrogen-bond acceptors (Lipinski definition) is 3. The number of hydrogen-bond donors (Lipinski definition) is 1. The van der Waals surface area contributed by atoms with Crippen molar-refractivity contribution in [3.05, 3.63) is 28.8 Å². The molecule has 0 atom stereocenters. The van der Waals surface area contributed by atoms with Crippen LogP contribution in [0.1, 0.15) is 12.0 Å². The summed E-state index contributed by atoms with van der Waals surface area (Å²) in [5, 5.41) is 9.23. The van der Waals surface area contributed by atoms with Gasteiger partial charge in [-0.25, -0.2) is 0 Å². The van der Waals surface area contributed by atoms with Gasteiger partial charge in [-0.1, -0.05) is 17.7 Å². The van der Waals surface area contributed by atoms with Gasteiger partial charge in [-0.05, 0) is 17.7 Å². The molecule has 0 unspecified atom stereocenters. The number of benzene rings is 1. The number of halogens is 4. The molecule has 0 aliphatic heterocycles. The maximum absolute atomic E-state index is 11.8. The standard InChI is InChI=1S/C12H14ClF3O3/c13-10-6-9(7-17)2-3-11(10)19-5-1-4-18-8-12(14,15)16/h2-3,6,17H,1,4-5,7-8H2. The van der Waals surface area contributed by atoms with Gasteiger partial charge in [0.15, 0.2) is 0 Å². The van der Waals surface area contributed by atoms with Gasteiger partial charge in [0.25, 0.3) is 0 Å². The van der Waals surface area contributed by atoms with Gasteiger partial charge in [0.1, 0.15) is 12.4 Å². The molecule has 1 rings (SSSR count). The summed E-state index contributed by atoms with van der Waals surface area (Å²) in [4.78, 5) is 0. The molecule has 0 spiro atoms. The van der Waals surface area contributed by atoms with Crippen LogP contribution in [-0.4, -0.2) is 31.1 Å². The lowest BCUT2D eigenvalue weighted by Crippen LogP contribution is -2.18. The molecule has 7 heteroatoms. The van der Waals surface area contributed by atoms with Crippen molar-refractivity contribution in [2.75, 3.05) is 19.8 Å². The first-order valence-corrected chi connectivity index (χ1v) is 5.97. The molecule has 0 heterocycles. The SMILES string of the molecule is OCc1ccc(OCCCOCC(F)(F)F)c(Cl)c1. The minimum absolute atomic E-state index is 0.0359. The highest BCUT2D eigenvalue weighted by molar-refractivity contribution is 6.32. The molecule has 1 aromatic rings. The zero-order valence-electron chi connectivity index (χ0n) is 10.0. The van der Waals surface area contributed by atoms with Crippen LogP contribution in [0.3, 0.4) is 0 Å². The Morgan fingerprint density at radius 1 is 1.21 bits per heavy atom. The summed E-state index contributed by atoms with van der Waals surface area (Å²) in [7, 11) is 0. The first-order valence-electron chi connectivity index (χ1n) is 5.59. The van der Waals surface area contributed by atoms with Gasteiger partial charge < -0.3 is 14.6 Å². The molecular weight excluding hydrogens is 285 g/mol. The van der Waals surface area contributed by atoms with E-state index < -0.39 is 12.8 Å². The molecule has 0 bridgehead atoms. The molecule has 108 valence electrons. The zero-order valence-corrected chi connectivity index (χ0v) is 10.8. The molecule has 19 heavy (non-hydrogen) atoms. The van der Waals surface area contributed by atoms with Gasteiger partial charge in [0.2, 0.25) is 0 Å². The second-order valence-corrected chi connectivity index (χ2v) is 4.20. The van der Waals surface area contributed by atoms with Crippen LogP contribution >= 0.6 is 11.6 Å². The Morgan fingerprint density at radius 2 is 1.95 bits per heavy atom. The Bertz CT molecular complexity index is 396. The van der Waals surface area contributed by atoms with Crippen molar-refractivity contribution in [2.24, 2.45) is 0 Å². The molecular formula is C12H14ClF3O3. The fraction of sp³-hybridized carbons (Fsp3) is 0.500. The average Bonchev–Trinajstić information content (AvgIpc) is 2.33. The van der Waals surface area contributed by atoms with E-state index in [2.05, 4.69) is 4.74 Å². The number of aliphatic hydroxyl groups excluding tert-OH is 1. The number of aliphatic hydroxyl groups is 1. The van der Waals surface area contributed by atoms with Gasteiger partial charge in [0.05, 0.1) is 24.8 Å². The van der Waals surface area contributed by atoms with E-state index in [1.165, 1.54) is 0 Å². The highest BCUT2D eigenvalue weighted by Crippen LogP contribution is 2.25. The smallest absolute Gasteiger partial charge is 0.411 e. The molecule has 0 amide bonds. The van der Waals surface area contributed by atoms with Crippen molar-refractivity contribution in [1.82, 2.24) is 0 Å². The molecule has 0 saturated carbocycles. The summed E-state index contributed by atoms with van der Waals surface area (Å²) in [6, 6.07) is 4.82. The molecule has 0 aromatic heterocycles. The van der Waals surface area contributed by atoms with Crippen LogP contribution in [0, 0.1) is 0 Å². The van der Waals surface area contributed by atoms with Gasteiger partial charge in [0, 0.05) is 6.42 Å². The quantitative estimate of drug-likeness (QED) is 0.786. The highest BCUT2D eigenvalue weighted by Gasteiger charge is 2.27. The van der Waals surface area contributed by atoms with E-state index >= 15 is 0 Å². The van der Waals surface area contributed by atoms with E-state index in [0.717, 1.165) is 0 Å². The lowest BCUT2D eigenvalue weighted by Gasteiger charge is -2.10. The third-order valence-electron chi connectivity index (χ3n) is 2.14. The third kappa shape index (κ3) is 6.66. The summed E-state index contributed by atoms with van der Waals surface area (Å²) in [5.74, 6) is 0.426. The van der Waals surface area contributed by atoms with E-state index in [4.69, 9.17) is 21.4 Å². The summed E-state index contributed by atoms with van der Waals surface area (Å²) < 4.78 is 45.0.